The molecule has 0 spiro atoms. The third kappa shape index (κ3) is 3.22. The van der Waals surface area contributed by atoms with Gasteiger partial charge in [-0.2, -0.15) is 0 Å². The van der Waals surface area contributed by atoms with Crippen LogP contribution in [0.5, 0.6) is 11.5 Å². The summed E-state index contributed by atoms with van der Waals surface area (Å²) < 4.78 is 46.7. The normalized spacial score (nSPS) is 10.6. The van der Waals surface area contributed by atoms with Crippen LogP contribution in [-0.4, -0.2) is 19.6 Å². The first kappa shape index (κ1) is 12.5. The third-order valence-electron chi connectivity index (χ3n) is 1.73. The van der Waals surface area contributed by atoms with Gasteiger partial charge in [0.05, 0.1) is 12.3 Å². The van der Waals surface area contributed by atoms with Crippen LogP contribution in [0, 0.1) is 5.82 Å². The average Bonchev–Trinajstić information content (AvgIpc) is 2.20. The van der Waals surface area contributed by atoms with Gasteiger partial charge in [-0.15, -0.1) is 0 Å². The maximum Gasteiger partial charge on any atom is 0.272 e. The zero-order valence-electron chi connectivity index (χ0n) is 8.67. The van der Waals surface area contributed by atoms with E-state index in [4.69, 9.17) is 15.2 Å². The smallest absolute Gasteiger partial charge is 0.272 e. The first-order valence-electron chi connectivity index (χ1n) is 4.67. The summed E-state index contributed by atoms with van der Waals surface area (Å²) in [6.45, 7) is 1.14. The summed E-state index contributed by atoms with van der Waals surface area (Å²) in [5.41, 5.74) is 5.37. The Bertz CT molecular complexity index is 358. The van der Waals surface area contributed by atoms with Crippen molar-refractivity contribution >= 4 is 5.69 Å². The summed E-state index contributed by atoms with van der Waals surface area (Å²) in [6, 6.07) is 2.14. The molecule has 0 atom stereocenters. The molecule has 0 saturated heterocycles. The molecule has 0 aromatic heterocycles. The van der Waals surface area contributed by atoms with Gasteiger partial charge in [0.1, 0.15) is 12.4 Å². The highest BCUT2D eigenvalue weighted by Gasteiger charge is 2.11. The molecule has 0 saturated carbocycles. The molecular weight excluding hydrogens is 223 g/mol. The highest BCUT2D eigenvalue weighted by atomic mass is 19.3. The lowest BCUT2D eigenvalue weighted by molar-refractivity contribution is 0.0821. The van der Waals surface area contributed by atoms with Gasteiger partial charge in [-0.25, -0.2) is 13.2 Å². The van der Waals surface area contributed by atoms with Crippen molar-refractivity contribution in [3.63, 3.8) is 0 Å². The molecule has 0 heterocycles. The summed E-state index contributed by atoms with van der Waals surface area (Å²) in [4.78, 5) is 0. The van der Waals surface area contributed by atoms with Gasteiger partial charge < -0.3 is 15.2 Å². The summed E-state index contributed by atoms with van der Waals surface area (Å²) in [5, 5.41) is 0. The largest absolute Gasteiger partial charge is 0.491 e. The van der Waals surface area contributed by atoms with E-state index in [-0.39, 0.29) is 23.8 Å². The van der Waals surface area contributed by atoms with Crippen molar-refractivity contribution in [3.8, 4) is 11.5 Å². The van der Waals surface area contributed by atoms with E-state index in [9.17, 15) is 13.2 Å². The van der Waals surface area contributed by atoms with Crippen molar-refractivity contribution in [3.05, 3.63) is 17.9 Å². The molecule has 6 heteroatoms. The lowest BCUT2D eigenvalue weighted by atomic mass is 10.2. The lowest BCUT2D eigenvalue weighted by Crippen LogP contribution is -2.09. The van der Waals surface area contributed by atoms with E-state index < -0.39 is 18.8 Å². The molecule has 0 bridgehead atoms. The minimum absolute atomic E-state index is 0.00912. The molecule has 0 fully saturated rings. The number of benzene rings is 1. The van der Waals surface area contributed by atoms with Crippen LogP contribution in [0.15, 0.2) is 12.1 Å². The van der Waals surface area contributed by atoms with Gasteiger partial charge in [0.2, 0.25) is 0 Å². The lowest BCUT2D eigenvalue weighted by Gasteiger charge is -2.11. The van der Waals surface area contributed by atoms with Crippen LogP contribution in [0.25, 0.3) is 0 Å². The van der Waals surface area contributed by atoms with Crippen molar-refractivity contribution in [1.29, 1.82) is 0 Å². The highest BCUT2D eigenvalue weighted by molar-refractivity contribution is 5.56. The van der Waals surface area contributed by atoms with E-state index in [0.717, 1.165) is 12.1 Å². The topological polar surface area (TPSA) is 44.5 Å². The first-order valence-corrected chi connectivity index (χ1v) is 4.67. The van der Waals surface area contributed by atoms with Crippen LogP contribution < -0.4 is 15.2 Å². The Morgan fingerprint density at radius 2 is 1.94 bits per heavy atom. The number of hydrogen-bond donors (Lipinski definition) is 1. The molecule has 1 aromatic carbocycles. The van der Waals surface area contributed by atoms with Gasteiger partial charge in [0.25, 0.3) is 6.43 Å². The van der Waals surface area contributed by atoms with Crippen LogP contribution in [0.1, 0.15) is 6.92 Å². The van der Waals surface area contributed by atoms with Crippen molar-refractivity contribution in [2.24, 2.45) is 0 Å². The monoisotopic (exact) mass is 235 g/mol. The summed E-state index contributed by atoms with van der Waals surface area (Å²) in [6.07, 6.45) is -2.61. The zero-order valence-corrected chi connectivity index (χ0v) is 8.67. The fourth-order valence-corrected chi connectivity index (χ4v) is 1.09. The summed E-state index contributed by atoms with van der Waals surface area (Å²) in [5.74, 6) is -0.727. The molecule has 0 aliphatic rings. The average molecular weight is 235 g/mol. The molecule has 0 amide bonds. The Kier molecular flexibility index (Phi) is 4.28. The molecule has 0 aliphatic carbocycles. The SMILES string of the molecule is CCOc1cc(OCC(F)F)c(N)cc1F. The van der Waals surface area contributed by atoms with Gasteiger partial charge in [0, 0.05) is 12.1 Å². The second-order valence-corrected chi connectivity index (χ2v) is 2.96. The maximum atomic E-state index is 13.2. The number of nitrogen functional groups attached to an aromatic ring is 1. The predicted molar refractivity (Wildman–Crippen MR) is 53.5 cm³/mol. The molecule has 0 aliphatic heterocycles. The van der Waals surface area contributed by atoms with Gasteiger partial charge in [-0.1, -0.05) is 0 Å². The minimum atomic E-state index is -2.61. The quantitative estimate of drug-likeness (QED) is 0.797. The minimum Gasteiger partial charge on any atom is -0.491 e. The molecule has 0 unspecified atom stereocenters. The molecule has 2 N–H and O–H groups in total. The number of anilines is 1. The molecule has 90 valence electrons. The molecule has 3 nitrogen and oxygen atoms in total. The molecule has 1 rings (SSSR count). The highest BCUT2D eigenvalue weighted by Crippen LogP contribution is 2.30. The molecule has 16 heavy (non-hydrogen) atoms. The van der Waals surface area contributed by atoms with Crippen LogP contribution in [0.4, 0.5) is 18.9 Å². The maximum absolute atomic E-state index is 13.2. The Morgan fingerprint density at radius 3 is 2.50 bits per heavy atom. The fourth-order valence-electron chi connectivity index (χ4n) is 1.09. The number of alkyl halides is 2. The Morgan fingerprint density at radius 1 is 1.25 bits per heavy atom. The number of hydrogen-bond acceptors (Lipinski definition) is 3. The van der Waals surface area contributed by atoms with E-state index >= 15 is 0 Å². The second-order valence-electron chi connectivity index (χ2n) is 2.96. The van der Waals surface area contributed by atoms with E-state index in [1.807, 2.05) is 0 Å². The summed E-state index contributed by atoms with van der Waals surface area (Å²) >= 11 is 0. The van der Waals surface area contributed by atoms with Crippen molar-refractivity contribution in [2.75, 3.05) is 18.9 Å². The van der Waals surface area contributed by atoms with Crippen molar-refractivity contribution in [1.82, 2.24) is 0 Å². The zero-order chi connectivity index (χ0) is 12.1. The van der Waals surface area contributed by atoms with Crippen LogP contribution in [-0.2, 0) is 0 Å². The number of rotatable bonds is 5. The predicted octanol–water partition coefficient (Wildman–Crippen LogP) is 2.45. The van der Waals surface area contributed by atoms with Crippen molar-refractivity contribution < 1.29 is 22.6 Å². The van der Waals surface area contributed by atoms with Crippen LogP contribution in [0.3, 0.4) is 0 Å². The fraction of sp³-hybridized carbons (Fsp3) is 0.400. The van der Waals surface area contributed by atoms with E-state index in [0.29, 0.717) is 0 Å². The Balaban J connectivity index is 2.86. The summed E-state index contributed by atoms with van der Waals surface area (Å²) in [7, 11) is 0. The first-order chi connectivity index (χ1) is 7.54. The van der Waals surface area contributed by atoms with Gasteiger partial charge in [-0.05, 0) is 6.92 Å². The van der Waals surface area contributed by atoms with E-state index in [1.54, 1.807) is 6.92 Å². The molecule has 0 radical (unpaired) electrons. The molecular formula is C10H12F3NO2. The standard InChI is InChI=1S/C10H12F3NO2/c1-2-15-8-4-9(16-5-10(12)13)7(14)3-6(8)11/h3-4,10H,2,5,14H2,1H3. The van der Waals surface area contributed by atoms with Gasteiger partial charge in [0.15, 0.2) is 11.6 Å². The van der Waals surface area contributed by atoms with E-state index in [1.165, 1.54) is 0 Å². The van der Waals surface area contributed by atoms with Gasteiger partial charge in [-0.3, -0.25) is 0 Å². The van der Waals surface area contributed by atoms with Gasteiger partial charge >= 0.3 is 0 Å². The van der Waals surface area contributed by atoms with Crippen LogP contribution >= 0.6 is 0 Å². The van der Waals surface area contributed by atoms with Crippen LogP contribution in [0.2, 0.25) is 0 Å². The number of halogens is 3. The Hall–Kier alpha value is -1.59. The Labute approximate surface area is 91.0 Å². The number of ether oxygens (including phenoxy) is 2. The third-order valence-corrected chi connectivity index (χ3v) is 1.73. The molecule has 1 aromatic rings. The second kappa shape index (κ2) is 5.48. The number of nitrogens with two attached hydrogens (primary N) is 1. The van der Waals surface area contributed by atoms with Crippen molar-refractivity contribution in [2.45, 2.75) is 13.3 Å². The van der Waals surface area contributed by atoms with E-state index in [2.05, 4.69) is 0 Å².